The van der Waals surface area contributed by atoms with Crippen molar-refractivity contribution in [2.24, 2.45) is 5.92 Å². The zero-order valence-electron chi connectivity index (χ0n) is 9.12. The van der Waals surface area contributed by atoms with Crippen molar-refractivity contribution < 1.29 is 9.53 Å². The number of hydrogen-bond donors (Lipinski definition) is 0. The summed E-state index contributed by atoms with van der Waals surface area (Å²) in [5.74, 6) is 1.55. The lowest BCUT2D eigenvalue weighted by atomic mass is 10.1. The molecule has 1 saturated carbocycles. The molecule has 0 heterocycles. The van der Waals surface area contributed by atoms with Crippen molar-refractivity contribution in [3.05, 3.63) is 28.8 Å². The van der Waals surface area contributed by atoms with E-state index < -0.39 is 0 Å². The molecule has 0 unspecified atom stereocenters. The van der Waals surface area contributed by atoms with Gasteiger partial charge in [0.15, 0.2) is 0 Å². The maximum atomic E-state index is 10.3. The zero-order valence-corrected chi connectivity index (χ0v) is 9.87. The SMILES string of the molecule is O=CCCc1cc(Cl)cc(OCC2CC2)c1. The molecule has 1 aliphatic carbocycles. The van der Waals surface area contributed by atoms with Crippen molar-refractivity contribution in [3.8, 4) is 5.75 Å². The molecule has 1 aliphatic rings. The van der Waals surface area contributed by atoms with Crippen LogP contribution in [0.5, 0.6) is 5.75 Å². The van der Waals surface area contributed by atoms with Gasteiger partial charge in [-0.25, -0.2) is 0 Å². The van der Waals surface area contributed by atoms with Gasteiger partial charge in [-0.05, 0) is 48.9 Å². The molecule has 0 radical (unpaired) electrons. The van der Waals surface area contributed by atoms with Crippen molar-refractivity contribution in [3.63, 3.8) is 0 Å². The lowest BCUT2D eigenvalue weighted by molar-refractivity contribution is -0.107. The van der Waals surface area contributed by atoms with Gasteiger partial charge in [0.25, 0.3) is 0 Å². The van der Waals surface area contributed by atoms with Crippen LogP contribution in [-0.2, 0) is 11.2 Å². The van der Waals surface area contributed by atoms with Crippen LogP contribution in [-0.4, -0.2) is 12.9 Å². The summed E-state index contributed by atoms with van der Waals surface area (Å²) in [6.45, 7) is 0.785. The fourth-order valence-electron chi connectivity index (χ4n) is 1.57. The highest BCUT2D eigenvalue weighted by atomic mass is 35.5. The Bertz CT molecular complexity index is 372. The van der Waals surface area contributed by atoms with Crippen LogP contribution in [0.25, 0.3) is 0 Å². The first kappa shape index (κ1) is 11.5. The lowest BCUT2D eigenvalue weighted by Gasteiger charge is -2.07. The van der Waals surface area contributed by atoms with Crippen molar-refractivity contribution in [1.29, 1.82) is 0 Å². The number of halogens is 1. The Labute approximate surface area is 101 Å². The first-order valence-corrected chi connectivity index (χ1v) is 6.01. The Morgan fingerprint density at radius 1 is 1.38 bits per heavy atom. The Morgan fingerprint density at radius 3 is 2.88 bits per heavy atom. The highest BCUT2D eigenvalue weighted by Crippen LogP contribution is 2.30. The fourth-order valence-corrected chi connectivity index (χ4v) is 1.82. The maximum absolute atomic E-state index is 10.3. The summed E-state index contributed by atoms with van der Waals surface area (Å²) in [6, 6.07) is 5.68. The van der Waals surface area contributed by atoms with Gasteiger partial charge in [0.1, 0.15) is 12.0 Å². The van der Waals surface area contributed by atoms with E-state index in [1.54, 1.807) is 0 Å². The number of hydrogen-bond acceptors (Lipinski definition) is 2. The van der Waals surface area contributed by atoms with Crippen molar-refractivity contribution in [2.75, 3.05) is 6.61 Å². The monoisotopic (exact) mass is 238 g/mol. The molecule has 1 fully saturated rings. The first-order chi connectivity index (χ1) is 7.78. The Morgan fingerprint density at radius 2 is 2.19 bits per heavy atom. The third kappa shape index (κ3) is 3.53. The van der Waals surface area contributed by atoms with Crippen molar-refractivity contribution >= 4 is 17.9 Å². The van der Waals surface area contributed by atoms with Crippen LogP contribution in [0.15, 0.2) is 18.2 Å². The maximum Gasteiger partial charge on any atom is 0.121 e. The summed E-state index contributed by atoms with van der Waals surface area (Å²) in [7, 11) is 0. The second kappa shape index (κ2) is 5.35. The lowest BCUT2D eigenvalue weighted by Crippen LogP contribution is -1.99. The molecule has 2 rings (SSSR count). The van der Waals surface area contributed by atoms with Gasteiger partial charge in [-0.3, -0.25) is 0 Å². The molecule has 1 aromatic carbocycles. The summed E-state index contributed by atoms with van der Waals surface area (Å²) in [4.78, 5) is 10.3. The van der Waals surface area contributed by atoms with Crippen LogP contribution >= 0.6 is 11.6 Å². The predicted octanol–water partition coefficient (Wildman–Crippen LogP) is 3.26. The van der Waals surface area contributed by atoms with Crippen LogP contribution in [0.3, 0.4) is 0 Å². The summed E-state index contributed by atoms with van der Waals surface area (Å²) < 4.78 is 5.66. The van der Waals surface area contributed by atoms with E-state index >= 15 is 0 Å². The molecular weight excluding hydrogens is 224 g/mol. The van der Waals surface area contributed by atoms with Gasteiger partial charge in [-0.2, -0.15) is 0 Å². The largest absolute Gasteiger partial charge is 0.493 e. The predicted molar refractivity (Wildman–Crippen MR) is 64.1 cm³/mol. The number of carbonyl (C=O) groups excluding carboxylic acids is 1. The minimum Gasteiger partial charge on any atom is -0.493 e. The van der Waals surface area contributed by atoms with Gasteiger partial charge in [0.05, 0.1) is 6.61 Å². The van der Waals surface area contributed by atoms with E-state index in [9.17, 15) is 4.79 Å². The van der Waals surface area contributed by atoms with Gasteiger partial charge in [-0.15, -0.1) is 0 Å². The summed E-state index contributed by atoms with van der Waals surface area (Å²) >= 11 is 5.99. The molecule has 2 nitrogen and oxygen atoms in total. The molecule has 86 valence electrons. The topological polar surface area (TPSA) is 26.3 Å². The fraction of sp³-hybridized carbons (Fsp3) is 0.462. The molecular formula is C13H15ClO2. The molecule has 0 spiro atoms. The first-order valence-electron chi connectivity index (χ1n) is 5.64. The normalized spacial score (nSPS) is 14.8. The van der Waals surface area contributed by atoms with E-state index in [1.807, 2.05) is 18.2 Å². The third-order valence-electron chi connectivity index (χ3n) is 2.66. The highest BCUT2D eigenvalue weighted by molar-refractivity contribution is 6.30. The standard InChI is InChI=1S/C13H15ClO2/c14-12-6-11(2-1-5-15)7-13(8-12)16-9-10-3-4-10/h5-8,10H,1-4,9H2. The Hall–Kier alpha value is -1.02. The van der Waals surface area contributed by atoms with E-state index in [0.717, 1.165) is 36.5 Å². The Kier molecular flexibility index (Phi) is 3.83. The molecule has 0 aromatic heterocycles. The van der Waals surface area contributed by atoms with Crippen molar-refractivity contribution in [2.45, 2.75) is 25.7 Å². The minimum atomic E-state index is 0.530. The molecule has 16 heavy (non-hydrogen) atoms. The van der Waals surface area contributed by atoms with Crippen LogP contribution < -0.4 is 4.74 Å². The average Bonchev–Trinajstić information content (AvgIpc) is 3.07. The molecule has 0 N–H and O–H groups in total. The number of benzene rings is 1. The van der Waals surface area contributed by atoms with Gasteiger partial charge in [-0.1, -0.05) is 11.6 Å². The molecule has 0 aliphatic heterocycles. The number of carbonyl (C=O) groups is 1. The molecule has 0 atom stereocenters. The van der Waals surface area contributed by atoms with Gasteiger partial charge >= 0.3 is 0 Å². The molecule has 0 saturated heterocycles. The van der Waals surface area contributed by atoms with Crippen LogP contribution in [0, 0.1) is 5.92 Å². The van der Waals surface area contributed by atoms with Crippen LogP contribution in [0.1, 0.15) is 24.8 Å². The average molecular weight is 239 g/mol. The van der Waals surface area contributed by atoms with E-state index in [-0.39, 0.29) is 0 Å². The molecule has 0 amide bonds. The van der Waals surface area contributed by atoms with E-state index in [0.29, 0.717) is 11.4 Å². The summed E-state index contributed by atoms with van der Waals surface area (Å²) in [6.07, 6.45) is 4.73. The highest BCUT2D eigenvalue weighted by Gasteiger charge is 2.21. The second-order valence-corrected chi connectivity index (χ2v) is 4.69. The number of aryl methyl sites for hydroxylation is 1. The second-order valence-electron chi connectivity index (χ2n) is 4.25. The van der Waals surface area contributed by atoms with E-state index in [2.05, 4.69) is 0 Å². The zero-order chi connectivity index (χ0) is 11.4. The minimum absolute atomic E-state index is 0.530. The molecule has 3 heteroatoms. The van der Waals surface area contributed by atoms with Gasteiger partial charge < -0.3 is 9.53 Å². The van der Waals surface area contributed by atoms with E-state index in [4.69, 9.17) is 16.3 Å². The van der Waals surface area contributed by atoms with Crippen LogP contribution in [0.2, 0.25) is 5.02 Å². The van der Waals surface area contributed by atoms with Gasteiger partial charge in [0.2, 0.25) is 0 Å². The smallest absolute Gasteiger partial charge is 0.121 e. The number of aldehydes is 1. The van der Waals surface area contributed by atoms with Crippen LogP contribution in [0.4, 0.5) is 0 Å². The molecule has 0 bridgehead atoms. The number of ether oxygens (including phenoxy) is 1. The number of rotatable bonds is 6. The van der Waals surface area contributed by atoms with Crippen molar-refractivity contribution in [1.82, 2.24) is 0 Å². The van der Waals surface area contributed by atoms with E-state index in [1.165, 1.54) is 12.8 Å². The Balaban J connectivity index is 1.98. The summed E-state index contributed by atoms with van der Waals surface area (Å²) in [5.41, 5.74) is 1.06. The van der Waals surface area contributed by atoms with Gasteiger partial charge in [0, 0.05) is 11.4 Å². The summed E-state index contributed by atoms with van der Waals surface area (Å²) in [5, 5.41) is 0.675. The third-order valence-corrected chi connectivity index (χ3v) is 2.88. The quantitative estimate of drug-likeness (QED) is 0.711. The molecule has 1 aromatic rings.